The molecule has 0 aliphatic heterocycles. The summed E-state index contributed by atoms with van der Waals surface area (Å²) in [4.78, 5) is 23.6. The van der Waals surface area contributed by atoms with Crippen LogP contribution in [0.2, 0.25) is 0 Å². The van der Waals surface area contributed by atoms with Gasteiger partial charge in [0.25, 0.3) is 5.91 Å². The Morgan fingerprint density at radius 1 is 1.33 bits per heavy atom. The lowest BCUT2D eigenvalue weighted by molar-refractivity contribution is -0.116. The van der Waals surface area contributed by atoms with Gasteiger partial charge in [-0.05, 0) is 26.2 Å². The highest BCUT2D eigenvalue weighted by Gasteiger charge is 2.33. The molecule has 1 saturated carbocycles. The number of ether oxygens (including phenoxy) is 1. The van der Waals surface area contributed by atoms with E-state index in [1.807, 2.05) is 0 Å². The SMILES string of the molecule is CCO/C=C(\CC)C(=O)NC(=O)N[C@@H]1C[C@H](CO)[C@@H](O)C1. The molecule has 21 heavy (non-hydrogen) atoms. The van der Waals surface area contributed by atoms with Crippen LogP contribution in [0.15, 0.2) is 11.8 Å². The first-order valence-electron chi connectivity index (χ1n) is 7.23. The molecule has 0 aromatic carbocycles. The predicted octanol–water partition coefficient (Wildman–Crippen LogP) is 0.274. The van der Waals surface area contributed by atoms with Crippen molar-refractivity contribution in [3.63, 3.8) is 0 Å². The molecular formula is C14H24N2O5. The van der Waals surface area contributed by atoms with Crippen LogP contribution in [0.4, 0.5) is 4.79 Å². The summed E-state index contributed by atoms with van der Waals surface area (Å²) in [5, 5.41) is 23.6. The van der Waals surface area contributed by atoms with Gasteiger partial charge in [-0.1, -0.05) is 6.92 Å². The van der Waals surface area contributed by atoms with Crippen molar-refractivity contribution in [3.05, 3.63) is 11.8 Å². The van der Waals surface area contributed by atoms with Crippen molar-refractivity contribution in [3.8, 4) is 0 Å². The summed E-state index contributed by atoms with van der Waals surface area (Å²) in [6.45, 7) is 3.93. The molecule has 0 bridgehead atoms. The molecule has 0 spiro atoms. The van der Waals surface area contributed by atoms with Crippen LogP contribution in [-0.4, -0.2) is 47.5 Å². The quantitative estimate of drug-likeness (QED) is 0.416. The van der Waals surface area contributed by atoms with Crippen molar-refractivity contribution in [2.24, 2.45) is 5.92 Å². The van der Waals surface area contributed by atoms with Gasteiger partial charge in [0.05, 0.1) is 24.5 Å². The lowest BCUT2D eigenvalue weighted by Gasteiger charge is -2.13. The Labute approximate surface area is 124 Å². The van der Waals surface area contributed by atoms with E-state index in [4.69, 9.17) is 9.84 Å². The van der Waals surface area contributed by atoms with Gasteiger partial charge in [0.15, 0.2) is 0 Å². The molecule has 0 aromatic heterocycles. The van der Waals surface area contributed by atoms with E-state index >= 15 is 0 Å². The number of amides is 3. The third kappa shape index (κ3) is 5.35. The van der Waals surface area contributed by atoms with Gasteiger partial charge in [-0.15, -0.1) is 0 Å². The van der Waals surface area contributed by atoms with Gasteiger partial charge >= 0.3 is 6.03 Å². The maximum absolute atomic E-state index is 11.8. The summed E-state index contributed by atoms with van der Waals surface area (Å²) in [5.41, 5.74) is 0.381. The molecular weight excluding hydrogens is 276 g/mol. The molecule has 0 radical (unpaired) electrons. The topological polar surface area (TPSA) is 108 Å². The van der Waals surface area contributed by atoms with Gasteiger partial charge in [0, 0.05) is 18.6 Å². The van der Waals surface area contributed by atoms with E-state index in [2.05, 4.69) is 10.6 Å². The average Bonchev–Trinajstić information content (AvgIpc) is 2.79. The Balaban J connectivity index is 2.45. The second kappa shape index (κ2) is 8.63. The average molecular weight is 300 g/mol. The first-order valence-corrected chi connectivity index (χ1v) is 7.23. The number of hydrogen-bond donors (Lipinski definition) is 4. The fourth-order valence-electron chi connectivity index (χ4n) is 2.30. The zero-order valence-electron chi connectivity index (χ0n) is 12.5. The molecule has 1 fully saturated rings. The molecule has 7 nitrogen and oxygen atoms in total. The van der Waals surface area contributed by atoms with Crippen molar-refractivity contribution in [2.75, 3.05) is 13.2 Å². The lowest BCUT2D eigenvalue weighted by Crippen LogP contribution is -2.44. The molecule has 0 aromatic rings. The molecule has 1 aliphatic carbocycles. The van der Waals surface area contributed by atoms with Gasteiger partial charge in [-0.3, -0.25) is 10.1 Å². The highest BCUT2D eigenvalue weighted by atomic mass is 16.5. The van der Waals surface area contributed by atoms with Crippen LogP contribution in [0.25, 0.3) is 0 Å². The van der Waals surface area contributed by atoms with Crippen LogP contribution in [0.1, 0.15) is 33.1 Å². The van der Waals surface area contributed by atoms with E-state index < -0.39 is 18.0 Å². The monoisotopic (exact) mass is 300 g/mol. The molecule has 4 N–H and O–H groups in total. The zero-order valence-corrected chi connectivity index (χ0v) is 12.5. The first-order chi connectivity index (χ1) is 10.0. The number of aliphatic hydroxyl groups is 2. The zero-order chi connectivity index (χ0) is 15.8. The van der Waals surface area contributed by atoms with Gasteiger partial charge < -0.3 is 20.3 Å². The minimum atomic E-state index is -0.625. The second-order valence-electron chi connectivity index (χ2n) is 5.06. The summed E-state index contributed by atoms with van der Waals surface area (Å²) in [7, 11) is 0. The summed E-state index contributed by atoms with van der Waals surface area (Å²) in [6, 6.07) is -0.850. The van der Waals surface area contributed by atoms with Crippen molar-refractivity contribution in [1.29, 1.82) is 0 Å². The standard InChI is InChI=1S/C14H24N2O5/c1-3-9(8-21-4-2)13(19)16-14(20)15-11-5-10(7-17)12(18)6-11/h8,10-12,17-18H,3-7H2,1-2H3,(H2,15,16,19,20)/b9-8+/t10-,11-,12+/m1/s1. The summed E-state index contributed by atoms with van der Waals surface area (Å²) < 4.78 is 5.05. The number of carbonyl (C=O) groups is 2. The minimum Gasteiger partial charge on any atom is -0.501 e. The van der Waals surface area contributed by atoms with Crippen LogP contribution < -0.4 is 10.6 Å². The fraction of sp³-hybridized carbons (Fsp3) is 0.714. The molecule has 0 saturated heterocycles. The Morgan fingerprint density at radius 2 is 2.05 bits per heavy atom. The van der Waals surface area contributed by atoms with Gasteiger partial charge in [0.1, 0.15) is 0 Å². The number of hydrogen-bond acceptors (Lipinski definition) is 5. The van der Waals surface area contributed by atoms with Gasteiger partial charge in [0.2, 0.25) is 0 Å². The number of rotatable bonds is 6. The van der Waals surface area contributed by atoms with Gasteiger partial charge in [-0.2, -0.15) is 0 Å². The maximum atomic E-state index is 11.8. The van der Waals surface area contributed by atoms with Gasteiger partial charge in [-0.25, -0.2) is 4.79 Å². The normalized spacial score (nSPS) is 25.5. The van der Waals surface area contributed by atoms with Crippen molar-refractivity contribution in [1.82, 2.24) is 10.6 Å². The molecule has 7 heteroatoms. The Hall–Kier alpha value is -1.60. The maximum Gasteiger partial charge on any atom is 0.321 e. The first kappa shape index (κ1) is 17.5. The van der Waals surface area contributed by atoms with Crippen LogP contribution in [0.5, 0.6) is 0 Å². The number of carbonyl (C=O) groups excluding carboxylic acids is 2. The smallest absolute Gasteiger partial charge is 0.321 e. The Kier molecular flexibility index (Phi) is 7.18. The summed E-state index contributed by atoms with van der Waals surface area (Å²) in [5.74, 6) is -0.726. The Morgan fingerprint density at radius 3 is 2.57 bits per heavy atom. The molecule has 0 unspecified atom stereocenters. The van der Waals surface area contributed by atoms with Crippen LogP contribution in [-0.2, 0) is 9.53 Å². The molecule has 3 atom stereocenters. The summed E-state index contributed by atoms with van der Waals surface area (Å²) in [6.07, 6.45) is 2.05. The Bertz CT molecular complexity index is 397. The third-order valence-electron chi connectivity index (χ3n) is 3.52. The highest BCUT2D eigenvalue weighted by molar-refractivity contribution is 6.03. The number of aliphatic hydroxyl groups excluding tert-OH is 2. The third-order valence-corrected chi connectivity index (χ3v) is 3.52. The van der Waals surface area contributed by atoms with Crippen molar-refractivity contribution in [2.45, 2.75) is 45.3 Å². The van der Waals surface area contributed by atoms with E-state index in [1.54, 1.807) is 13.8 Å². The van der Waals surface area contributed by atoms with Crippen LogP contribution in [0.3, 0.4) is 0 Å². The van der Waals surface area contributed by atoms with E-state index in [0.29, 0.717) is 31.4 Å². The molecule has 120 valence electrons. The number of imide groups is 1. The van der Waals surface area contributed by atoms with E-state index in [9.17, 15) is 14.7 Å². The molecule has 0 heterocycles. The van der Waals surface area contributed by atoms with Crippen LogP contribution >= 0.6 is 0 Å². The highest BCUT2D eigenvalue weighted by Crippen LogP contribution is 2.25. The minimum absolute atomic E-state index is 0.114. The van der Waals surface area contributed by atoms with E-state index in [1.165, 1.54) is 6.26 Å². The van der Waals surface area contributed by atoms with Crippen molar-refractivity contribution < 1.29 is 24.5 Å². The second-order valence-corrected chi connectivity index (χ2v) is 5.06. The largest absolute Gasteiger partial charge is 0.501 e. The van der Waals surface area contributed by atoms with Crippen molar-refractivity contribution >= 4 is 11.9 Å². The molecule has 1 aliphatic rings. The molecule has 3 amide bonds. The predicted molar refractivity (Wildman–Crippen MR) is 76.3 cm³/mol. The molecule has 1 rings (SSSR count). The van der Waals surface area contributed by atoms with E-state index in [0.717, 1.165) is 0 Å². The number of urea groups is 1. The lowest BCUT2D eigenvalue weighted by atomic mass is 10.1. The van der Waals surface area contributed by atoms with E-state index in [-0.39, 0.29) is 18.6 Å². The summed E-state index contributed by atoms with van der Waals surface area (Å²) >= 11 is 0. The fourth-order valence-corrected chi connectivity index (χ4v) is 2.30. The van der Waals surface area contributed by atoms with Crippen LogP contribution in [0, 0.1) is 5.92 Å². The number of nitrogens with one attached hydrogen (secondary N) is 2.